The predicted molar refractivity (Wildman–Crippen MR) is 74.7 cm³/mol. The van der Waals surface area contributed by atoms with Crippen LogP contribution in [0.4, 0.5) is 5.82 Å². The van der Waals surface area contributed by atoms with Crippen molar-refractivity contribution in [3.63, 3.8) is 0 Å². The van der Waals surface area contributed by atoms with E-state index in [2.05, 4.69) is 15.4 Å². The molecule has 0 bridgehead atoms. The van der Waals surface area contributed by atoms with E-state index in [1.54, 1.807) is 20.2 Å². The highest BCUT2D eigenvalue weighted by atomic mass is 16.4. The van der Waals surface area contributed by atoms with Crippen molar-refractivity contribution in [3.05, 3.63) is 41.3 Å². The van der Waals surface area contributed by atoms with E-state index in [-0.39, 0.29) is 11.4 Å². The first-order valence-corrected chi connectivity index (χ1v) is 6.13. The molecule has 0 saturated heterocycles. The van der Waals surface area contributed by atoms with E-state index < -0.39 is 17.9 Å². The van der Waals surface area contributed by atoms with Crippen LogP contribution in [0.1, 0.15) is 27.7 Å². The number of primary amides is 1. The largest absolute Gasteiger partial charge is 0.479 e. The van der Waals surface area contributed by atoms with Gasteiger partial charge >= 0.3 is 5.97 Å². The molecule has 0 spiro atoms. The molecule has 21 heavy (non-hydrogen) atoms. The average Bonchev–Trinajstić information content (AvgIpc) is 2.81. The van der Waals surface area contributed by atoms with Gasteiger partial charge in [0, 0.05) is 30.1 Å². The Kier molecular flexibility index (Phi) is 3.88. The zero-order valence-corrected chi connectivity index (χ0v) is 11.6. The SMILES string of the molecule is Cc1cc(C(N)=O)cc(NC(C(=O)O)c2cnn(C)c2)n1. The summed E-state index contributed by atoms with van der Waals surface area (Å²) in [5.41, 5.74) is 6.54. The molecule has 2 aromatic heterocycles. The molecule has 2 rings (SSSR count). The highest BCUT2D eigenvalue weighted by Gasteiger charge is 2.22. The molecular formula is C13H15N5O3. The number of carboxylic acids is 1. The number of carboxylic acid groups (broad SMARTS) is 1. The first kappa shape index (κ1) is 14.5. The van der Waals surface area contributed by atoms with E-state index in [0.717, 1.165) is 0 Å². The molecule has 0 radical (unpaired) electrons. The molecule has 0 aromatic carbocycles. The number of nitrogens with one attached hydrogen (secondary N) is 1. The Morgan fingerprint density at radius 3 is 2.67 bits per heavy atom. The normalized spacial score (nSPS) is 11.9. The lowest BCUT2D eigenvalue weighted by Gasteiger charge is -2.14. The fraction of sp³-hybridized carbons (Fsp3) is 0.231. The highest BCUT2D eigenvalue weighted by Crippen LogP contribution is 2.19. The van der Waals surface area contributed by atoms with E-state index >= 15 is 0 Å². The second-order valence-electron chi connectivity index (χ2n) is 4.61. The summed E-state index contributed by atoms with van der Waals surface area (Å²) in [6.45, 7) is 1.69. The van der Waals surface area contributed by atoms with Gasteiger partial charge in [0.1, 0.15) is 5.82 Å². The number of anilines is 1. The van der Waals surface area contributed by atoms with Crippen molar-refractivity contribution < 1.29 is 14.7 Å². The number of carbonyl (C=O) groups is 2. The van der Waals surface area contributed by atoms with Crippen molar-refractivity contribution in [1.82, 2.24) is 14.8 Å². The van der Waals surface area contributed by atoms with E-state index in [9.17, 15) is 14.7 Å². The third-order valence-corrected chi connectivity index (χ3v) is 2.84. The number of nitrogens with two attached hydrogens (primary N) is 1. The fourth-order valence-corrected chi connectivity index (χ4v) is 1.91. The molecular weight excluding hydrogens is 274 g/mol. The van der Waals surface area contributed by atoms with Crippen LogP contribution in [-0.2, 0) is 11.8 Å². The van der Waals surface area contributed by atoms with E-state index in [1.165, 1.54) is 23.0 Å². The number of aromatic nitrogens is 3. The van der Waals surface area contributed by atoms with Crippen LogP contribution < -0.4 is 11.1 Å². The smallest absolute Gasteiger partial charge is 0.330 e. The molecule has 8 heteroatoms. The van der Waals surface area contributed by atoms with Crippen LogP contribution in [0.5, 0.6) is 0 Å². The number of hydrogen-bond donors (Lipinski definition) is 3. The van der Waals surface area contributed by atoms with Crippen molar-refractivity contribution in [2.45, 2.75) is 13.0 Å². The molecule has 4 N–H and O–H groups in total. The summed E-state index contributed by atoms with van der Waals surface area (Å²) in [6, 6.07) is 1.93. The van der Waals surface area contributed by atoms with Gasteiger partial charge in [-0.3, -0.25) is 9.48 Å². The molecule has 0 saturated carbocycles. The maximum atomic E-state index is 11.4. The van der Waals surface area contributed by atoms with Crippen molar-refractivity contribution in [3.8, 4) is 0 Å². The zero-order chi connectivity index (χ0) is 15.6. The number of pyridine rings is 1. The number of aryl methyl sites for hydroxylation is 2. The second kappa shape index (κ2) is 5.61. The molecule has 0 fully saturated rings. The Labute approximate surface area is 120 Å². The summed E-state index contributed by atoms with van der Waals surface area (Å²) < 4.78 is 1.51. The number of amides is 1. The summed E-state index contributed by atoms with van der Waals surface area (Å²) in [5, 5.41) is 16.0. The lowest BCUT2D eigenvalue weighted by atomic mass is 10.1. The van der Waals surface area contributed by atoms with Crippen LogP contribution in [-0.4, -0.2) is 31.7 Å². The number of nitrogens with zero attached hydrogens (tertiary/aromatic N) is 3. The van der Waals surface area contributed by atoms with Crippen molar-refractivity contribution in [2.75, 3.05) is 5.32 Å². The van der Waals surface area contributed by atoms with E-state index in [0.29, 0.717) is 11.3 Å². The topological polar surface area (TPSA) is 123 Å². The molecule has 2 heterocycles. The summed E-state index contributed by atoms with van der Waals surface area (Å²) in [7, 11) is 1.69. The predicted octanol–water partition coefficient (Wildman–Crippen LogP) is 0.460. The molecule has 0 aliphatic rings. The first-order chi connectivity index (χ1) is 9.86. The molecule has 2 aromatic rings. The van der Waals surface area contributed by atoms with Crippen LogP contribution >= 0.6 is 0 Å². The van der Waals surface area contributed by atoms with Crippen LogP contribution in [0, 0.1) is 6.92 Å². The molecule has 0 aliphatic heterocycles. The molecule has 8 nitrogen and oxygen atoms in total. The van der Waals surface area contributed by atoms with E-state index in [1.807, 2.05) is 0 Å². The minimum Gasteiger partial charge on any atom is -0.479 e. The molecule has 1 unspecified atom stereocenters. The fourth-order valence-electron chi connectivity index (χ4n) is 1.91. The van der Waals surface area contributed by atoms with Gasteiger partial charge in [-0.1, -0.05) is 0 Å². The molecule has 1 amide bonds. The molecule has 110 valence electrons. The minimum absolute atomic E-state index is 0.264. The van der Waals surface area contributed by atoms with Gasteiger partial charge in [-0.15, -0.1) is 0 Å². The second-order valence-corrected chi connectivity index (χ2v) is 4.61. The Balaban J connectivity index is 2.33. The lowest BCUT2D eigenvalue weighted by molar-refractivity contribution is -0.138. The third-order valence-electron chi connectivity index (χ3n) is 2.84. The lowest BCUT2D eigenvalue weighted by Crippen LogP contribution is -2.21. The maximum absolute atomic E-state index is 11.4. The number of aliphatic carboxylic acids is 1. The van der Waals surface area contributed by atoms with Gasteiger partial charge in [-0.05, 0) is 19.1 Å². The van der Waals surface area contributed by atoms with Gasteiger partial charge in [0.05, 0.1) is 6.20 Å². The number of rotatable bonds is 5. The van der Waals surface area contributed by atoms with Crippen molar-refractivity contribution >= 4 is 17.7 Å². The Morgan fingerprint density at radius 1 is 1.43 bits per heavy atom. The van der Waals surface area contributed by atoms with E-state index in [4.69, 9.17) is 5.73 Å². The highest BCUT2D eigenvalue weighted by molar-refractivity contribution is 5.93. The molecule has 0 aliphatic carbocycles. The molecule has 1 atom stereocenters. The summed E-state index contributed by atoms with van der Waals surface area (Å²) >= 11 is 0. The standard InChI is InChI=1S/C13H15N5O3/c1-7-3-8(12(14)19)4-10(16-7)17-11(13(20)21)9-5-15-18(2)6-9/h3-6,11H,1-2H3,(H2,14,19)(H,16,17)(H,20,21). The summed E-state index contributed by atoms with van der Waals surface area (Å²) in [4.78, 5) is 26.8. The number of hydrogen-bond acceptors (Lipinski definition) is 5. The summed E-state index contributed by atoms with van der Waals surface area (Å²) in [5.74, 6) is -1.41. The van der Waals surface area contributed by atoms with Gasteiger partial charge in [-0.2, -0.15) is 5.10 Å². The van der Waals surface area contributed by atoms with Gasteiger partial charge in [0.2, 0.25) is 5.91 Å². The Morgan fingerprint density at radius 2 is 2.14 bits per heavy atom. The van der Waals surface area contributed by atoms with Crippen LogP contribution in [0.3, 0.4) is 0 Å². The van der Waals surface area contributed by atoms with Gasteiger partial charge < -0.3 is 16.2 Å². The van der Waals surface area contributed by atoms with Gasteiger partial charge in [0.15, 0.2) is 6.04 Å². The Hall–Kier alpha value is -2.90. The van der Waals surface area contributed by atoms with Gasteiger partial charge in [0.25, 0.3) is 0 Å². The Bertz CT molecular complexity index is 695. The van der Waals surface area contributed by atoms with Crippen LogP contribution in [0.15, 0.2) is 24.5 Å². The van der Waals surface area contributed by atoms with Crippen LogP contribution in [0.2, 0.25) is 0 Å². The minimum atomic E-state index is -1.08. The first-order valence-electron chi connectivity index (χ1n) is 6.13. The average molecular weight is 289 g/mol. The quantitative estimate of drug-likeness (QED) is 0.734. The zero-order valence-electron chi connectivity index (χ0n) is 11.6. The van der Waals surface area contributed by atoms with Crippen molar-refractivity contribution in [2.24, 2.45) is 12.8 Å². The van der Waals surface area contributed by atoms with Crippen LogP contribution in [0.25, 0.3) is 0 Å². The number of carbonyl (C=O) groups excluding carboxylic acids is 1. The summed E-state index contributed by atoms with van der Waals surface area (Å²) in [6.07, 6.45) is 3.05. The van der Waals surface area contributed by atoms with Gasteiger partial charge in [-0.25, -0.2) is 9.78 Å². The third kappa shape index (κ3) is 3.35. The maximum Gasteiger partial charge on any atom is 0.330 e. The monoisotopic (exact) mass is 289 g/mol. The van der Waals surface area contributed by atoms with Crippen molar-refractivity contribution in [1.29, 1.82) is 0 Å².